The van der Waals surface area contributed by atoms with Crippen molar-refractivity contribution in [3.63, 3.8) is 0 Å². The number of allylic oxidation sites excluding steroid dienone is 3. The zero-order chi connectivity index (χ0) is 64.1. The Balaban J connectivity index is 0.989. The molecule has 0 bridgehead atoms. The maximum absolute atomic E-state index is 13.5. The lowest BCUT2D eigenvalue weighted by Crippen LogP contribution is -2.41. The summed E-state index contributed by atoms with van der Waals surface area (Å²) < 4.78 is 138. The van der Waals surface area contributed by atoms with E-state index in [2.05, 4.69) is 57.2 Å². The van der Waals surface area contributed by atoms with E-state index in [1.807, 2.05) is 85.5 Å². The number of hydrogen-bond acceptors (Lipinski definition) is 21. The third-order valence-electron chi connectivity index (χ3n) is 14.5. The standard InChI is InChI=1S/C52H64N9O22P3S2/c1-5-59(6-2)34-18-20-37-36(32(3)46(79-40(37)27-34)33-13-8-7-9-14-33)15-10-16-42-52(4,38-28-35(88(75,76)77)19-21-39(38)60(42)25-12-26-87(72,73)74)22-11-17-43(62)54-23-24-55-51(64)81-47-45(63)41(29-78-85(68,69)83-86(70,71)82-84(65,66)67)80-50(47)61-31-58-44-48(53)56-30-57-49(44)61/h7-10,13-16,18-21,27-28,30-31,41,45,47,50,63H,5-6,11-12,17,22-26,29H2,1-4H3,(H9-,53,54,55,56,57,62,64,65,66,67,68,69,70,71,72,73,74,75,76,77)/p+1/t41-,45-,47-,50-,52?/m1/s1. The van der Waals surface area contributed by atoms with Gasteiger partial charge in [0.05, 0.1) is 29.6 Å². The number of phosphoric ester groups is 1. The number of phosphoric acid groups is 3. The van der Waals surface area contributed by atoms with Crippen LogP contribution in [0.5, 0.6) is 0 Å². The first kappa shape index (κ1) is 67.3. The summed E-state index contributed by atoms with van der Waals surface area (Å²) in [6.07, 6.45) is -0.128. The predicted molar refractivity (Wildman–Crippen MR) is 316 cm³/mol. The predicted octanol–water partition coefficient (Wildman–Crippen LogP) is 4.78. The van der Waals surface area contributed by atoms with Crippen molar-refractivity contribution in [2.75, 3.05) is 55.7 Å². The van der Waals surface area contributed by atoms with Gasteiger partial charge in [-0.2, -0.15) is 25.5 Å². The van der Waals surface area contributed by atoms with Gasteiger partial charge in [-0.25, -0.2) is 38.0 Å². The van der Waals surface area contributed by atoms with E-state index in [1.165, 1.54) is 22.8 Å². The Labute approximate surface area is 503 Å². The van der Waals surface area contributed by atoms with Crippen molar-refractivity contribution < 1.29 is 101 Å². The summed E-state index contributed by atoms with van der Waals surface area (Å²) in [7, 11) is -26.5. The molecule has 7 atom stereocenters. The Morgan fingerprint density at radius 2 is 1.62 bits per heavy atom. The molecule has 1 aliphatic carbocycles. The van der Waals surface area contributed by atoms with Gasteiger partial charge < -0.3 is 59.8 Å². The fourth-order valence-corrected chi connectivity index (χ4v) is 14.5. The number of imidazole rings is 1. The highest BCUT2D eigenvalue weighted by Crippen LogP contribution is 2.66. The highest BCUT2D eigenvalue weighted by Gasteiger charge is 2.50. The molecule has 2 aromatic carbocycles. The number of nitrogens with zero attached hydrogens (tertiary/aromatic N) is 6. The summed E-state index contributed by atoms with van der Waals surface area (Å²) in [6, 6.07) is 19.7. The van der Waals surface area contributed by atoms with Crippen LogP contribution < -0.4 is 31.2 Å². The average molecular weight is 1330 g/mol. The summed E-state index contributed by atoms with van der Waals surface area (Å²) >= 11 is 0. The molecule has 36 heteroatoms. The molecule has 3 unspecified atom stereocenters. The van der Waals surface area contributed by atoms with Crippen molar-refractivity contribution in [2.45, 2.75) is 88.2 Å². The zero-order valence-electron chi connectivity index (χ0n) is 47.5. The number of aliphatic hydroxyl groups excluding tert-OH is 1. The molecule has 2 amide bonds. The number of aliphatic hydroxyl groups is 1. The summed E-state index contributed by atoms with van der Waals surface area (Å²) in [5, 5.41) is 17.4. The topological polar surface area (TPSA) is 454 Å². The van der Waals surface area contributed by atoms with Gasteiger partial charge in [-0.15, -0.1) is 0 Å². The van der Waals surface area contributed by atoms with Gasteiger partial charge in [-0.1, -0.05) is 42.5 Å². The molecule has 3 aliphatic heterocycles. The van der Waals surface area contributed by atoms with Gasteiger partial charge in [-0.3, -0.25) is 23.0 Å². The molecule has 0 spiro atoms. The number of nitrogens with two attached hydrogens (primary N) is 1. The first-order chi connectivity index (χ1) is 41.3. The number of ether oxygens (including phenoxy) is 2. The van der Waals surface area contributed by atoms with Crippen LogP contribution >= 0.6 is 23.5 Å². The Hall–Kier alpha value is -6.61. The van der Waals surface area contributed by atoms with Crippen LogP contribution in [0.1, 0.15) is 69.4 Å². The van der Waals surface area contributed by atoms with Gasteiger partial charge in [0.2, 0.25) is 11.3 Å². The number of nitrogen functional groups attached to an aromatic ring is 1. The number of aromatic nitrogens is 4. The molecule has 2 aromatic heterocycles. The number of alkyl carbamates (subject to hydrolysis) is 1. The van der Waals surface area contributed by atoms with Gasteiger partial charge >= 0.3 is 29.6 Å². The number of carbonyl (C=O) groups is 2. The van der Waals surface area contributed by atoms with E-state index in [1.54, 1.807) is 0 Å². The first-order valence-electron chi connectivity index (χ1n) is 27.0. The highest BCUT2D eigenvalue weighted by molar-refractivity contribution is 7.86. The second-order valence-electron chi connectivity index (χ2n) is 20.4. The molecule has 31 nitrogen and oxygen atoms in total. The summed E-state index contributed by atoms with van der Waals surface area (Å²) in [5.41, 5.74) is 9.69. The van der Waals surface area contributed by atoms with E-state index >= 15 is 0 Å². The van der Waals surface area contributed by atoms with Gasteiger partial charge in [-0.05, 0) is 88.4 Å². The molecule has 0 saturated carbocycles. The molecule has 4 aromatic rings. The lowest BCUT2D eigenvalue weighted by Gasteiger charge is -2.30. The molecular formula is C52H65N9O22P3S2+. The minimum atomic E-state index is -5.92. The molecule has 1 fully saturated rings. The number of amides is 2. The number of fused-ring (bicyclic) bond motifs is 3. The number of hydrogen-bond donors (Lipinski definition) is 10. The van der Waals surface area contributed by atoms with Crippen LogP contribution in [0, 0.1) is 6.92 Å². The van der Waals surface area contributed by atoms with E-state index < -0.39 is 103 Å². The highest BCUT2D eigenvalue weighted by atomic mass is 32.2. The van der Waals surface area contributed by atoms with E-state index in [0.717, 1.165) is 53.4 Å². The van der Waals surface area contributed by atoms with Crippen molar-refractivity contribution in [3.8, 4) is 22.6 Å². The Morgan fingerprint density at radius 3 is 2.31 bits per heavy atom. The third kappa shape index (κ3) is 16.2. The lowest BCUT2D eigenvalue weighted by atomic mass is 9.77. The second kappa shape index (κ2) is 27.2. The smallest absolute Gasteiger partial charge is 0.456 e. The number of benzene rings is 3. The van der Waals surface area contributed by atoms with Crippen molar-refractivity contribution in [3.05, 3.63) is 119 Å². The number of rotatable bonds is 26. The van der Waals surface area contributed by atoms with Gasteiger partial charge in [0.15, 0.2) is 23.8 Å². The molecule has 11 N–H and O–H groups in total. The van der Waals surface area contributed by atoms with Crippen LogP contribution in [0.15, 0.2) is 107 Å². The lowest BCUT2D eigenvalue weighted by molar-refractivity contribution is -0.121. The van der Waals surface area contributed by atoms with E-state index in [0.29, 0.717) is 28.5 Å². The fourth-order valence-electron chi connectivity index (χ4n) is 10.5. The summed E-state index contributed by atoms with van der Waals surface area (Å²) in [6.45, 7) is 7.89. The van der Waals surface area contributed by atoms with Crippen molar-refractivity contribution in [2.24, 2.45) is 0 Å². The summed E-state index contributed by atoms with van der Waals surface area (Å²) in [4.78, 5) is 77.6. The average Bonchev–Trinajstić information content (AvgIpc) is 1.77. The molecule has 4 aliphatic rings. The minimum absolute atomic E-state index is 0.00679. The molecule has 8 rings (SSSR count). The van der Waals surface area contributed by atoms with Crippen LogP contribution in [0.3, 0.4) is 0 Å². The molecular weight excluding hydrogens is 1260 g/mol. The zero-order valence-corrected chi connectivity index (χ0v) is 51.8. The fraction of sp³-hybridized carbons (Fsp3) is 0.385. The normalized spacial score (nSPS) is 20.8. The quantitative estimate of drug-likeness (QED) is 0.0151. The monoisotopic (exact) mass is 1320 g/mol. The maximum Gasteiger partial charge on any atom is 0.490 e. The Bertz CT molecular complexity index is 4080. The van der Waals surface area contributed by atoms with Gasteiger partial charge in [0, 0.05) is 65.6 Å². The molecule has 476 valence electrons. The molecule has 0 radical (unpaired) electrons. The van der Waals surface area contributed by atoms with Crippen LogP contribution in [0.25, 0.3) is 39.9 Å². The van der Waals surface area contributed by atoms with Crippen LogP contribution in [0.4, 0.5) is 16.3 Å². The van der Waals surface area contributed by atoms with Crippen molar-refractivity contribution in [1.29, 1.82) is 0 Å². The Kier molecular flexibility index (Phi) is 20.8. The number of carbonyl (C=O) groups excluding carboxylic acids is 2. The van der Waals surface area contributed by atoms with Crippen LogP contribution in [0.2, 0.25) is 0 Å². The Morgan fingerprint density at radius 1 is 0.909 bits per heavy atom. The van der Waals surface area contributed by atoms with Crippen molar-refractivity contribution >= 4 is 84.4 Å². The van der Waals surface area contributed by atoms with E-state index in [9.17, 15) is 64.1 Å². The summed E-state index contributed by atoms with van der Waals surface area (Å²) in [5.74, 6) is 0.114. The minimum Gasteiger partial charge on any atom is -0.456 e. The third-order valence-corrected chi connectivity index (χ3v) is 20.0. The van der Waals surface area contributed by atoms with Gasteiger partial charge in [0.1, 0.15) is 48.7 Å². The number of anilines is 2. The first-order valence-corrected chi connectivity index (χ1v) is 34.6. The largest absolute Gasteiger partial charge is 0.490 e. The SMILES string of the molecule is CC[N+](CC)=c1ccc2c(/C=C/C=C3\N(CCCS(=O)(=O)O)c4ccc(S(=O)(=O)O)cc4C3(C)CCCC(=O)NCCNC(=O)O[C@@H]3[C@H](O)[C@@H](COP(=O)(O)OP(=O)(O)OP(=O)(O)O)O[C@H]3n3cnc4c(N)ncnc43)c(C)c(-c3ccccc3)oc-2c1. The van der Waals surface area contributed by atoms with Crippen LogP contribution in [-0.2, 0) is 66.8 Å². The number of nitrogens with one attached hydrogen (secondary N) is 2. The molecule has 88 heavy (non-hydrogen) atoms. The molecule has 1 saturated heterocycles. The van der Waals surface area contributed by atoms with E-state index in [-0.39, 0.29) is 62.3 Å². The maximum atomic E-state index is 13.5. The van der Waals surface area contributed by atoms with Crippen molar-refractivity contribution in [1.82, 2.24) is 34.7 Å². The van der Waals surface area contributed by atoms with Gasteiger partial charge in [0.25, 0.3) is 20.2 Å². The second-order valence-corrected chi connectivity index (χ2v) is 27.8. The van der Waals surface area contributed by atoms with Crippen LogP contribution in [-0.4, -0.2) is 146 Å². The van der Waals surface area contributed by atoms with E-state index in [4.69, 9.17) is 29.4 Å². The molecule has 5 heterocycles.